The van der Waals surface area contributed by atoms with Crippen LogP contribution in [-0.2, 0) is 0 Å². The first-order chi connectivity index (χ1) is 9.67. The van der Waals surface area contributed by atoms with Crippen LogP contribution in [0.1, 0.15) is 5.56 Å². The largest absolute Gasteiger partial charge is 0.338 e. The number of fused-ring (bicyclic) bond motifs is 1. The molecule has 6 nitrogen and oxygen atoms in total. The minimum atomic E-state index is 0.0971. The highest BCUT2D eigenvalue weighted by Gasteiger charge is 2.10. The Morgan fingerprint density at radius 1 is 1.35 bits per heavy atom. The molecule has 0 aliphatic carbocycles. The van der Waals surface area contributed by atoms with E-state index in [1.807, 2.05) is 6.07 Å². The number of hydrogen-bond donors (Lipinski definition) is 2. The molecule has 0 saturated heterocycles. The molecule has 0 atom stereocenters. The minimum absolute atomic E-state index is 0.0971. The molecule has 3 rings (SSSR count). The quantitative estimate of drug-likeness (QED) is 0.692. The average Bonchev–Trinajstić information content (AvgIpc) is 2.88. The van der Waals surface area contributed by atoms with Gasteiger partial charge in [-0.1, -0.05) is 15.9 Å². The first-order valence-electron chi connectivity index (χ1n) is 5.50. The molecule has 0 aliphatic rings. The molecular formula is C12H6BrClN6. The molecule has 0 amide bonds. The normalized spacial score (nSPS) is 10.4. The second kappa shape index (κ2) is 5.07. The van der Waals surface area contributed by atoms with Crippen LogP contribution < -0.4 is 5.32 Å². The fourth-order valence-corrected chi connectivity index (χ4v) is 2.28. The summed E-state index contributed by atoms with van der Waals surface area (Å²) in [6, 6.07) is 7.45. The zero-order valence-corrected chi connectivity index (χ0v) is 12.2. The van der Waals surface area contributed by atoms with Gasteiger partial charge >= 0.3 is 0 Å². The van der Waals surface area contributed by atoms with Gasteiger partial charge in [0, 0.05) is 4.47 Å². The van der Waals surface area contributed by atoms with Crippen molar-refractivity contribution in [3.63, 3.8) is 0 Å². The third-order valence-electron chi connectivity index (χ3n) is 2.64. The van der Waals surface area contributed by atoms with E-state index in [2.05, 4.69) is 47.5 Å². The number of nitrogens with one attached hydrogen (secondary N) is 2. The van der Waals surface area contributed by atoms with E-state index in [1.165, 1.54) is 0 Å². The van der Waals surface area contributed by atoms with Gasteiger partial charge in [-0.2, -0.15) is 20.3 Å². The highest BCUT2D eigenvalue weighted by atomic mass is 79.9. The summed E-state index contributed by atoms with van der Waals surface area (Å²) in [6.07, 6.45) is 1.60. The van der Waals surface area contributed by atoms with Crippen molar-refractivity contribution in [2.24, 2.45) is 0 Å². The van der Waals surface area contributed by atoms with Crippen molar-refractivity contribution >= 4 is 50.1 Å². The summed E-state index contributed by atoms with van der Waals surface area (Å²) < 4.78 is 0.828. The number of aromatic amines is 1. The van der Waals surface area contributed by atoms with Gasteiger partial charge in [0.25, 0.3) is 0 Å². The van der Waals surface area contributed by atoms with E-state index >= 15 is 0 Å². The Hall–Kier alpha value is -2.17. The van der Waals surface area contributed by atoms with Crippen molar-refractivity contribution < 1.29 is 0 Å². The van der Waals surface area contributed by atoms with Gasteiger partial charge in [-0.15, -0.1) is 0 Å². The van der Waals surface area contributed by atoms with Gasteiger partial charge in [0.1, 0.15) is 11.9 Å². The van der Waals surface area contributed by atoms with Crippen LogP contribution in [0.25, 0.3) is 11.0 Å². The van der Waals surface area contributed by atoms with Gasteiger partial charge in [-0.25, -0.2) is 0 Å². The number of nitrogens with zero attached hydrogens (tertiary/aromatic N) is 4. The number of nitriles is 1. The number of H-pyrrole nitrogens is 1. The maximum atomic E-state index is 9.16. The third kappa shape index (κ3) is 2.31. The van der Waals surface area contributed by atoms with Crippen LogP contribution >= 0.6 is 27.5 Å². The van der Waals surface area contributed by atoms with Crippen LogP contribution in [0.4, 0.5) is 11.5 Å². The zero-order valence-electron chi connectivity index (χ0n) is 9.85. The van der Waals surface area contributed by atoms with Crippen molar-refractivity contribution in [2.45, 2.75) is 0 Å². The number of anilines is 2. The summed E-state index contributed by atoms with van der Waals surface area (Å²) in [7, 11) is 0. The molecule has 2 N–H and O–H groups in total. The monoisotopic (exact) mass is 348 g/mol. The van der Waals surface area contributed by atoms with Crippen molar-refractivity contribution in [3.05, 3.63) is 39.7 Å². The average molecular weight is 350 g/mol. The fraction of sp³-hybridized carbons (Fsp3) is 0. The van der Waals surface area contributed by atoms with Gasteiger partial charge in [-0.05, 0) is 29.8 Å². The smallest absolute Gasteiger partial charge is 0.226 e. The highest BCUT2D eigenvalue weighted by Crippen LogP contribution is 2.27. The van der Waals surface area contributed by atoms with E-state index in [4.69, 9.17) is 16.9 Å². The summed E-state index contributed by atoms with van der Waals surface area (Å²) in [6.45, 7) is 0. The number of aromatic nitrogens is 4. The molecule has 0 unspecified atom stereocenters. The van der Waals surface area contributed by atoms with Gasteiger partial charge in [0.15, 0.2) is 5.65 Å². The van der Waals surface area contributed by atoms with Crippen LogP contribution in [0.3, 0.4) is 0 Å². The van der Waals surface area contributed by atoms with E-state index in [-0.39, 0.29) is 5.28 Å². The van der Waals surface area contributed by atoms with E-state index in [1.54, 1.807) is 18.3 Å². The van der Waals surface area contributed by atoms with Crippen molar-refractivity contribution in [1.29, 1.82) is 5.26 Å². The fourth-order valence-electron chi connectivity index (χ4n) is 1.75. The standard InChI is InChI=1S/C12H6BrClN6/c13-7-1-2-9(6(3-7)4-15)17-10-8-5-16-20-11(8)19-12(14)18-10/h1-3,5H,(H2,16,17,18,19,20). The zero-order chi connectivity index (χ0) is 14.1. The van der Waals surface area contributed by atoms with Crippen LogP contribution in [0.5, 0.6) is 0 Å². The lowest BCUT2D eigenvalue weighted by Crippen LogP contribution is -1.98. The van der Waals surface area contributed by atoms with Crippen LogP contribution in [-0.4, -0.2) is 20.2 Å². The molecule has 2 heterocycles. The van der Waals surface area contributed by atoms with Gasteiger partial charge in [-0.3, -0.25) is 5.10 Å². The van der Waals surface area contributed by atoms with Crippen LogP contribution in [0.15, 0.2) is 28.9 Å². The minimum Gasteiger partial charge on any atom is -0.338 e. The topological polar surface area (TPSA) is 90.3 Å². The second-order valence-corrected chi connectivity index (χ2v) is 5.15. The summed E-state index contributed by atoms with van der Waals surface area (Å²) in [5, 5.41) is 19.7. The summed E-state index contributed by atoms with van der Waals surface area (Å²) >= 11 is 9.19. The van der Waals surface area contributed by atoms with Crippen LogP contribution in [0.2, 0.25) is 5.28 Å². The third-order valence-corrected chi connectivity index (χ3v) is 3.30. The second-order valence-electron chi connectivity index (χ2n) is 3.90. The van der Waals surface area contributed by atoms with E-state index in [0.29, 0.717) is 28.1 Å². The Morgan fingerprint density at radius 3 is 3.00 bits per heavy atom. The SMILES string of the molecule is N#Cc1cc(Br)ccc1Nc1nc(Cl)nc2[nH]ncc12. The number of benzene rings is 1. The lowest BCUT2D eigenvalue weighted by atomic mass is 10.2. The molecule has 1 aromatic carbocycles. The van der Waals surface area contributed by atoms with Crippen molar-refractivity contribution in [1.82, 2.24) is 20.2 Å². The Kier molecular flexibility index (Phi) is 3.26. The Balaban J connectivity index is 2.10. The number of rotatable bonds is 2. The first kappa shape index (κ1) is 12.8. The molecule has 0 aliphatic heterocycles. The summed E-state index contributed by atoms with van der Waals surface area (Å²) in [5.74, 6) is 0.493. The molecular weight excluding hydrogens is 344 g/mol. The predicted octanol–water partition coefficient (Wildman–Crippen LogP) is 3.38. The number of halogens is 2. The molecule has 0 fully saturated rings. The van der Waals surface area contributed by atoms with Crippen molar-refractivity contribution in [3.8, 4) is 6.07 Å². The Bertz CT molecular complexity index is 838. The van der Waals surface area contributed by atoms with Crippen LogP contribution in [0, 0.1) is 11.3 Å². The molecule has 0 radical (unpaired) electrons. The Morgan fingerprint density at radius 2 is 2.20 bits per heavy atom. The molecule has 3 aromatic rings. The molecule has 98 valence electrons. The van der Waals surface area contributed by atoms with E-state index < -0.39 is 0 Å². The maximum absolute atomic E-state index is 9.16. The lowest BCUT2D eigenvalue weighted by molar-refractivity contribution is 1.09. The number of hydrogen-bond acceptors (Lipinski definition) is 5. The molecule has 0 saturated carbocycles. The molecule has 8 heteroatoms. The van der Waals surface area contributed by atoms with Gasteiger partial charge < -0.3 is 5.32 Å². The predicted molar refractivity (Wildman–Crippen MR) is 78.8 cm³/mol. The summed E-state index contributed by atoms with van der Waals surface area (Å²) in [5.41, 5.74) is 1.65. The van der Waals surface area contributed by atoms with Gasteiger partial charge in [0.2, 0.25) is 5.28 Å². The van der Waals surface area contributed by atoms with E-state index in [9.17, 15) is 0 Å². The molecule has 2 aromatic heterocycles. The summed E-state index contributed by atoms with van der Waals surface area (Å²) in [4.78, 5) is 8.15. The molecule has 0 spiro atoms. The van der Waals surface area contributed by atoms with Crippen molar-refractivity contribution in [2.75, 3.05) is 5.32 Å². The molecule has 0 bridgehead atoms. The lowest BCUT2D eigenvalue weighted by Gasteiger charge is -2.08. The van der Waals surface area contributed by atoms with Gasteiger partial charge in [0.05, 0.1) is 22.8 Å². The maximum Gasteiger partial charge on any atom is 0.226 e. The highest BCUT2D eigenvalue weighted by molar-refractivity contribution is 9.10. The molecule has 20 heavy (non-hydrogen) atoms. The first-order valence-corrected chi connectivity index (χ1v) is 6.68. The Labute approximate surface area is 126 Å². The van der Waals surface area contributed by atoms with E-state index in [0.717, 1.165) is 4.47 Å².